The minimum absolute atomic E-state index is 0.0375. The van der Waals surface area contributed by atoms with Gasteiger partial charge in [-0.05, 0) is 24.6 Å². The number of hydrogen-bond acceptors (Lipinski definition) is 5. The molecule has 1 saturated heterocycles. The number of likely N-dealkylation sites (tertiary alicyclic amines) is 1. The molecule has 0 aromatic heterocycles. The molecule has 0 saturated carbocycles. The fourth-order valence-electron chi connectivity index (χ4n) is 2.21. The predicted molar refractivity (Wildman–Crippen MR) is 75.5 cm³/mol. The van der Waals surface area contributed by atoms with Gasteiger partial charge in [0, 0.05) is 13.1 Å². The van der Waals surface area contributed by atoms with Crippen molar-refractivity contribution in [2.24, 2.45) is 5.14 Å². The number of sulfonamides is 1. The van der Waals surface area contributed by atoms with Gasteiger partial charge in [0.15, 0.2) is 0 Å². The van der Waals surface area contributed by atoms with Gasteiger partial charge in [-0.3, -0.25) is 14.5 Å². The van der Waals surface area contributed by atoms with E-state index in [2.05, 4.69) is 5.32 Å². The van der Waals surface area contributed by atoms with Gasteiger partial charge in [-0.25, -0.2) is 13.6 Å². The number of amides is 2. The normalized spacial score (nSPS) is 19.3. The molecule has 0 unspecified atom stereocenters. The molecule has 0 radical (unpaired) electrons. The Morgan fingerprint density at radius 1 is 1.29 bits per heavy atom. The van der Waals surface area contributed by atoms with Crippen molar-refractivity contribution in [3.05, 3.63) is 29.8 Å². The lowest BCUT2D eigenvalue weighted by molar-refractivity contribution is -0.138. The van der Waals surface area contributed by atoms with Crippen LogP contribution in [-0.4, -0.2) is 37.7 Å². The quantitative estimate of drug-likeness (QED) is 0.717. The number of nitrogens with zero attached hydrogens (tertiary/aromatic N) is 1. The van der Waals surface area contributed by atoms with Crippen molar-refractivity contribution in [3.63, 3.8) is 0 Å². The molecule has 2 amide bonds. The molecule has 3 N–H and O–H groups in total. The van der Waals surface area contributed by atoms with Crippen molar-refractivity contribution in [2.45, 2.75) is 30.8 Å². The molecule has 8 heteroatoms. The molecule has 1 aliphatic heterocycles. The summed E-state index contributed by atoms with van der Waals surface area (Å²) in [6.07, 6.45) is 0.155. The predicted octanol–water partition coefficient (Wildman–Crippen LogP) is -0.429. The molecule has 7 nitrogen and oxygen atoms in total. The Hall–Kier alpha value is -1.77. The Morgan fingerprint density at radius 2 is 1.90 bits per heavy atom. The van der Waals surface area contributed by atoms with E-state index >= 15 is 0 Å². The monoisotopic (exact) mass is 311 g/mol. The van der Waals surface area contributed by atoms with Gasteiger partial charge in [0.2, 0.25) is 21.8 Å². The number of nitrogens with one attached hydrogen (secondary N) is 1. The summed E-state index contributed by atoms with van der Waals surface area (Å²) >= 11 is 0. The number of carbonyl (C=O) groups is 2. The average molecular weight is 311 g/mol. The lowest BCUT2D eigenvalue weighted by Gasteiger charge is -2.13. The number of hydrogen-bond donors (Lipinski definition) is 2. The first kappa shape index (κ1) is 15.6. The third-order valence-electron chi connectivity index (χ3n) is 3.36. The van der Waals surface area contributed by atoms with E-state index in [0.29, 0.717) is 13.1 Å². The molecule has 1 heterocycles. The summed E-state index contributed by atoms with van der Waals surface area (Å²) in [5, 5.41) is 8.02. The topological polar surface area (TPSA) is 110 Å². The van der Waals surface area contributed by atoms with E-state index in [1.807, 2.05) is 0 Å². The highest BCUT2D eigenvalue weighted by molar-refractivity contribution is 7.89. The maximum atomic E-state index is 11.9. The van der Waals surface area contributed by atoms with Gasteiger partial charge in [-0.15, -0.1) is 0 Å². The molecular formula is C13H17N3O4S. The number of likely N-dealkylation sites (N-methyl/N-ethyl adjacent to an activating group) is 1. The molecule has 0 aliphatic carbocycles. The molecule has 1 atom stereocenters. The Kier molecular flexibility index (Phi) is 4.40. The van der Waals surface area contributed by atoms with E-state index in [4.69, 9.17) is 5.14 Å². The zero-order valence-electron chi connectivity index (χ0n) is 11.6. The second-order valence-electron chi connectivity index (χ2n) is 4.80. The summed E-state index contributed by atoms with van der Waals surface area (Å²) in [5.41, 5.74) is 0.803. The number of nitrogens with two attached hydrogens (primary N) is 1. The molecule has 1 aliphatic rings. The summed E-state index contributed by atoms with van der Waals surface area (Å²) in [6.45, 7) is 2.50. The molecule has 0 spiro atoms. The van der Waals surface area contributed by atoms with Crippen molar-refractivity contribution < 1.29 is 18.0 Å². The smallest absolute Gasteiger partial charge is 0.246 e. The molecule has 1 fully saturated rings. The van der Waals surface area contributed by atoms with E-state index in [-0.39, 0.29) is 23.1 Å². The van der Waals surface area contributed by atoms with Crippen molar-refractivity contribution >= 4 is 21.8 Å². The molecular weight excluding hydrogens is 294 g/mol. The third-order valence-corrected chi connectivity index (χ3v) is 4.29. The molecule has 2 rings (SSSR count). The molecule has 1 aromatic carbocycles. The summed E-state index contributed by atoms with van der Waals surface area (Å²) in [4.78, 5) is 24.7. The van der Waals surface area contributed by atoms with Gasteiger partial charge in [0.25, 0.3) is 0 Å². The van der Waals surface area contributed by atoms with Crippen LogP contribution < -0.4 is 10.5 Å². The Labute approximate surface area is 123 Å². The summed E-state index contributed by atoms with van der Waals surface area (Å²) in [5.74, 6) is -0.395. The largest absolute Gasteiger partial charge is 0.301 e. The fraction of sp³-hybridized carbons (Fsp3) is 0.385. The van der Waals surface area contributed by atoms with Gasteiger partial charge in [0.1, 0.15) is 0 Å². The minimum Gasteiger partial charge on any atom is -0.301 e. The van der Waals surface area contributed by atoms with Crippen LogP contribution in [0.4, 0.5) is 0 Å². The Morgan fingerprint density at radius 3 is 2.38 bits per heavy atom. The highest BCUT2D eigenvalue weighted by Gasteiger charge is 2.36. The second-order valence-corrected chi connectivity index (χ2v) is 6.36. The van der Waals surface area contributed by atoms with Crippen LogP contribution in [0, 0.1) is 0 Å². The first-order valence-corrected chi connectivity index (χ1v) is 8.07. The third kappa shape index (κ3) is 3.46. The number of primary sulfonamides is 1. The number of carbonyl (C=O) groups excluding carboxylic acids is 2. The lowest BCUT2D eigenvalue weighted by atomic mass is 10.2. The van der Waals surface area contributed by atoms with Gasteiger partial charge in [-0.2, -0.15) is 0 Å². The van der Waals surface area contributed by atoms with Crippen LogP contribution in [-0.2, 0) is 26.2 Å². The van der Waals surface area contributed by atoms with E-state index in [0.717, 1.165) is 5.56 Å². The first-order valence-electron chi connectivity index (χ1n) is 6.52. The summed E-state index contributed by atoms with van der Waals surface area (Å²) < 4.78 is 22.3. The number of benzene rings is 1. The van der Waals surface area contributed by atoms with E-state index in [1.165, 1.54) is 17.0 Å². The van der Waals surface area contributed by atoms with Gasteiger partial charge >= 0.3 is 0 Å². The summed E-state index contributed by atoms with van der Waals surface area (Å²) in [6, 6.07) is 5.53. The maximum Gasteiger partial charge on any atom is 0.246 e. The molecule has 1 aromatic rings. The zero-order chi connectivity index (χ0) is 15.6. The second kappa shape index (κ2) is 5.92. The van der Waals surface area contributed by atoms with E-state index in [1.54, 1.807) is 19.1 Å². The molecule has 0 bridgehead atoms. The van der Waals surface area contributed by atoms with Crippen LogP contribution in [0.1, 0.15) is 18.9 Å². The van der Waals surface area contributed by atoms with Crippen LogP contribution in [0.5, 0.6) is 0 Å². The van der Waals surface area contributed by atoms with Gasteiger partial charge < -0.3 is 5.32 Å². The molecule has 114 valence electrons. The standard InChI is InChI=1S/C13H17N3O4S/c1-2-16-12(17)7-11(13(16)18)15-8-9-3-5-10(6-4-9)21(14,19)20/h3-6,11,15H,2,7-8H2,1H3,(H2,14,19,20)/t11-/m1/s1. The number of imide groups is 1. The highest BCUT2D eigenvalue weighted by Crippen LogP contribution is 2.14. The maximum absolute atomic E-state index is 11.9. The van der Waals surface area contributed by atoms with Gasteiger partial charge in [-0.1, -0.05) is 12.1 Å². The van der Waals surface area contributed by atoms with Crippen molar-refractivity contribution in [1.29, 1.82) is 0 Å². The van der Waals surface area contributed by atoms with Gasteiger partial charge in [0.05, 0.1) is 17.4 Å². The SMILES string of the molecule is CCN1C(=O)C[C@@H](NCc2ccc(S(N)(=O)=O)cc2)C1=O. The van der Waals surface area contributed by atoms with Crippen molar-refractivity contribution in [2.75, 3.05) is 6.54 Å². The van der Waals surface area contributed by atoms with Crippen LogP contribution in [0.15, 0.2) is 29.2 Å². The first-order chi connectivity index (χ1) is 9.82. The van der Waals surface area contributed by atoms with Crippen LogP contribution in [0.3, 0.4) is 0 Å². The number of rotatable bonds is 5. The zero-order valence-corrected chi connectivity index (χ0v) is 12.4. The van der Waals surface area contributed by atoms with Crippen molar-refractivity contribution in [1.82, 2.24) is 10.2 Å². The van der Waals surface area contributed by atoms with Crippen LogP contribution in [0.25, 0.3) is 0 Å². The Balaban J connectivity index is 1.98. The lowest BCUT2D eigenvalue weighted by Crippen LogP contribution is -2.38. The molecule has 21 heavy (non-hydrogen) atoms. The highest BCUT2D eigenvalue weighted by atomic mass is 32.2. The van der Waals surface area contributed by atoms with Crippen LogP contribution >= 0.6 is 0 Å². The average Bonchev–Trinajstić information content (AvgIpc) is 2.70. The summed E-state index contributed by atoms with van der Waals surface area (Å²) in [7, 11) is -3.70. The Bertz CT molecular complexity index is 654. The van der Waals surface area contributed by atoms with Crippen molar-refractivity contribution in [3.8, 4) is 0 Å². The fourth-order valence-corrected chi connectivity index (χ4v) is 2.73. The van der Waals surface area contributed by atoms with E-state index < -0.39 is 16.1 Å². The van der Waals surface area contributed by atoms with E-state index in [9.17, 15) is 18.0 Å². The minimum atomic E-state index is -3.70. The van der Waals surface area contributed by atoms with Crippen LogP contribution in [0.2, 0.25) is 0 Å².